The van der Waals surface area contributed by atoms with Gasteiger partial charge in [-0.05, 0) is 27.8 Å². The van der Waals surface area contributed by atoms with Crippen molar-refractivity contribution in [2.24, 2.45) is 5.92 Å². The van der Waals surface area contributed by atoms with Crippen molar-refractivity contribution in [3.8, 4) is 0 Å². The highest BCUT2D eigenvalue weighted by Gasteiger charge is 2.35. The van der Waals surface area contributed by atoms with Gasteiger partial charge in [-0.25, -0.2) is 0 Å². The van der Waals surface area contributed by atoms with Crippen LogP contribution in [-0.2, 0) is 0 Å². The smallest absolute Gasteiger partial charge is 0.0914 e. The van der Waals surface area contributed by atoms with Gasteiger partial charge in [-0.3, -0.25) is 0 Å². The highest BCUT2D eigenvalue weighted by molar-refractivity contribution is 4.88. The molecule has 0 fully saturated rings. The molecule has 0 aliphatic rings. The molecule has 74 valence electrons. The maximum absolute atomic E-state index is 9.87. The van der Waals surface area contributed by atoms with Crippen LogP contribution in [0.2, 0.25) is 0 Å². The minimum Gasteiger partial charge on any atom is -0.390 e. The lowest BCUT2D eigenvalue weighted by Gasteiger charge is -2.36. The van der Waals surface area contributed by atoms with Crippen LogP contribution in [0.25, 0.3) is 0 Å². The van der Waals surface area contributed by atoms with E-state index < -0.39 is 11.7 Å². The van der Waals surface area contributed by atoms with E-state index >= 15 is 0 Å². The zero-order valence-corrected chi connectivity index (χ0v) is 8.63. The second-order valence-corrected chi connectivity index (χ2v) is 3.77. The standard InChI is InChI=1S/C9H21NO2/c1-6(7(2)10-5)9(4,12)8(3)11/h6-8,10-12H,1-5H3/t6-,7-,8-,9+/m1/s1. The molecule has 0 saturated carbocycles. The molecule has 3 nitrogen and oxygen atoms in total. The van der Waals surface area contributed by atoms with Crippen LogP contribution in [0.4, 0.5) is 0 Å². The number of aliphatic hydroxyl groups is 2. The number of nitrogens with one attached hydrogen (secondary N) is 1. The van der Waals surface area contributed by atoms with E-state index in [2.05, 4.69) is 5.32 Å². The average Bonchev–Trinajstić information content (AvgIpc) is 2.01. The number of aliphatic hydroxyl groups excluding tert-OH is 1. The van der Waals surface area contributed by atoms with Crippen LogP contribution in [0.5, 0.6) is 0 Å². The van der Waals surface area contributed by atoms with Gasteiger partial charge in [0.15, 0.2) is 0 Å². The topological polar surface area (TPSA) is 52.5 Å². The van der Waals surface area contributed by atoms with E-state index in [1.165, 1.54) is 0 Å². The van der Waals surface area contributed by atoms with Crippen LogP contribution in [0.3, 0.4) is 0 Å². The van der Waals surface area contributed by atoms with Crippen LogP contribution in [0.15, 0.2) is 0 Å². The van der Waals surface area contributed by atoms with Crippen molar-refractivity contribution < 1.29 is 10.2 Å². The Morgan fingerprint density at radius 1 is 1.25 bits per heavy atom. The van der Waals surface area contributed by atoms with Crippen molar-refractivity contribution in [3.05, 3.63) is 0 Å². The molecule has 0 saturated heterocycles. The van der Waals surface area contributed by atoms with Crippen molar-refractivity contribution in [1.29, 1.82) is 0 Å². The first kappa shape index (κ1) is 11.9. The molecule has 0 unspecified atom stereocenters. The van der Waals surface area contributed by atoms with E-state index in [4.69, 9.17) is 0 Å². The molecule has 12 heavy (non-hydrogen) atoms. The van der Waals surface area contributed by atoms with E-state index in [1.807, 2.05) is 20.9 Å². The van der Waals surface area contributed by atoms with Gasteiger partial charge >= 0.3 is 0 Å². The predicted molar refractivity (Wildman–Crippen MR) is 50.0 cm³/mol. The Kier molecular flexibility index (Phi) is 4.17. The molecule has 0 aromatic heterocycles. The normalized spacial score (nSPS) is 24.2. The summed E-state index contributed by atoms with van der Waals surface area (Å²) in [6.45, 7) is 7.18. The molecular formula is C9H21NO2. The van der Waals surface area contributed by atoms with Crippen LogP contribution in [0, 0.1) is 5.92 Å². The van der Waals surface area contributed by atoms with Gasteiger partial charge in [-0.2, -0.15) is 0 Å². The van der Waals surface area contributed by atoms with Gasteiger partial charge in [-0.1, -0.05) is 6.92 Å². The fraction of sp³-hybridized carbons (Fsp3) is 1.00. The largest absolute Gasteiger partial charge is 0.390 e. The summed E-state index contributed by atoms with van der Waals surface area (Å²) in [6.07, 6.45) is -0.705. The summed E-state index contributed by atoms with van der Waals surface area (Å²) in [6, 6.07) is 0.189. The van der Waals surface area contributed by atoms with Gasteiger partial charge in [0.1, 0.15) is 0 Å². The summed E-state index contributed by atoms with van der Waals surface area (Å²) in [5, 5.41) is 22.2. The monoisotopic (exact) mass is 175 g/mol. The number of rotatable bonds is 4. The maximum Gasteiger partial charge on any atom is 0.0914 e. The summed E-state index contributed by atoms with van der Waals surface area (Å²) in [5.41, 5.74) is -1.03. The Labute approximate surface area is 74.8 Å². The van der Waals surface area contributed by atoms with Gasteiger partial charge in [0.2, 0.25) is 0 Å². The summed E-state index contributed by atoms with van der Waals surface area (Å²) in [4.78, 5) is 0. The van der Waals surface area contributed by atoms with Crippen LogP contribution in [-0.4, -0.2) is 35.0 Å². The minimum absolute atomic E-state index is 0.0162. The first-order valence-corrected chi connectivity index (χ1v) is 4.41. The van der Waals surface area contributed by atoms with E-state index in [1.54, 1.807) is 13.8 Å². The van der Waals surface area contributed by atoms with Gasteiger partial charge < -0.3 is 15.5 Å². The third kappa shape index (κ3) is 2.44. The highest BCUT2D eigenvalue weighted by Crippen LogP contribution is 2.23. The van der Waals surface area contributed by atoms with Crippen molar-refractivity contribution >= 4 is 0 Å². The molecule has 4 atom stereocenters. The molecule has 3 heteroatoms. The third-order valence-electron chi connectivity index (χ3n) is 2.97. The number of hydrogen-bond donors (Lipinski definition) is 3. The fourth-order valence-electron chi connectivity index (χ4n) is 1.14. The van der Waals surface area contributed by atoms with Gasteiger partial charge in [0.25, 0.3) is 0 Å². The highest BCUT2D eigenvalue weighted by atomic mass is 16.3. The van der Waals surface area contributed by atoms with E-state index in [0.29, 0.717) is 0 Å². The lowest BCUT2D eigenvalue weighted by atomic mass is 9.82. The molecule has 0 amide bonds. The Bertz CT molecular complexity index is 134. The first-order chi connectivity index (χ1) is 5.34. The second-order valence-electron chi connectivity index (χ2n) is 3.77. The quantitative estimate of drug-likeness (QED) is 0.578. The Hall–Kier alpha value is -0.120. The van der Waals surface area contributed by atoms with Crippen LogP contribution < -0.4 is 5.32 Å². The molecule has 3 N–H and O–H groups in total. The molecule has 0 aliphatic carbocycles. The van der Waals surface area contributed by atoms with Crippen molar-refractivity contribution in [3.63, 3.8) is 0 Å². The van der Waals surface area contributed by atoms with E-state index in [0.717, 1.165) is 0 Å². The lowest BCUT2D eigenvalue weighted by molar-refractivity contribution is -0.0947. The van der Waals surface area contributed by atoms with Crippen molar-refractivity contribution in [1.82, 2.24) is 5.32 Å². The molecule has 0 bridgehead atoms. The Morgan fingerprint density at radius 2 is 1.67 bits per heavy atom. The zero-order valence-electron chi connectivity index (χ0n) is 8.63. The summed E-state index contributed by atoms with van der Waals surface area (Å²) < 4.78 is 0. The van der Waals surface area contributed by atoms with Crippen molar-refractivity contribution in [2.45, 2.75) is 45.4 Å². The SMILES string of the molecule is CN[C@H](C)[C@@H](C)[C@](C)(O)[C@@H](C)O. The lowest BCUT2D eigenvalue weighted by Crippen LogP contribution is -2.50. The molecular weight excluding hydrogens is 154 g/mol. The molecule has 0 heterocycles. The van der Waals surface area contributed by atoms with Crippen LogP contribution >= 0.6 is 0 Å². The first-order valence-electron chi connectivity index (χ1n) is 4.41. The number of hydrogen-bond acceptors (Lipinski definition) is 3. The predicted octanol–water partition coefficient (Wildman–Crippen LogP) is 0.362. The van der Waals surface area contributed by atoms with E-state index in [9.17, 15) is 10.2 Å². The van der Waals surface area contributed by atoms with Gasteiger partial charge in [-0.15, -0.1) is 0 Å². The van der Waals surface area contributed by atoms with Crippen molar-refractivity contribution in [2.75, 3.05) is 7.05 Å². The van der Waals surface area contributed by atoms with E-state index in [-0.39, 0.29) is 12.0 Å². The third-order valence-corrected chi connectivity index (χ3v) is 2.97. The Balaban J connectivity index is 4.34. The van der Waals surface area contributed by atoms with Gasteiger partial charge in [0.05, 0.1) is 11.7 Å². The Morgan fingerprint density at radius 3 is 1.92 bits per heavy atom. The fourth-order valence-corrected chi connectivity index (χ4v) is 1.14. The molecule has 0 spiro atoms. The second kappa shape index (κ2) is 4.21. The van der Waals surface area contributed by atoms with Crippen LogP contribution in [0.1, 0.15) is 27.7 Å². The minimum atomic E-state index is -1.03. The summed E-state index contributed by atoms with van der Waals surface area (Å²) in [5.74, 6) is 0.0162. The average molecular weight is 175 g/mol. The van der Waals surface area contributed by atoms with Gasteiger partial charge in [0, 0.05) is 12.0 Å². The molecule has 0 aromatic carbocycles. The maximum atomic E-state index is 9.87. The molecule has 0 radical (unpaired) electrons. The molecule has 0 aliphatic heterocycles. The summed E-state index contributed by atoms with van der Waals surface area (Å²) >= 11 is 0. The molecule has 0 rings (SSSR count). The summed E-state index contributed by atoms with van der Waals surface area (Å²) in [7, 11) is 1.85. The zero-order chi connectivity index (χ0) is 9.94. The molecule has 0 aromatic rings.